The van der Waals surface area contributed by atoms with Crippen molar-refractivity contribution in [3.8, 4) is 5.75 Å². The minimum atomic E-state index is -3.49. The van der Waals surface area contributed by atoms with Gasteiger partial charge in [0, 0.05) is 18.3 Å². The summed E-state index contributed by atoms with van der Waals surface area (Å²) in [6, 6.07) is 16.8. The molecule has 2 rings (SSSR count). The highest BCUT2D eigenvalue weighted by Crippen LogP contribution is 2.19. The van der Waals surface area contributed by atoms with Crippen molar-refractivity contribution in [3.63, 3.8) is 0 Å². The van der Waals surface area contributed by atoms with E-state index in [4.69, 9.17) is 4.18 Å². The van der Waals surface area contributed by atoms with Gasteiger partial charge >= 0.3 is 10.1 Å². The average Bonchev–Trinajstić information content (AvgIpc) is 2.36. The smallest absolute Gasteiger partial charge is 0.306 e. The maximum atomic E-state index is 11.0. The summed E-state index contributed by atoms with van der Waals surface area (Å²) in [6.45, 7) is 0.670. The highest BCUT2D eigenvalue weighted by molar-refractivity contribution is 7.86. The van der Waals surface area contributed by atoms with E-state index < -0.39 is 10.1 Å². The van der Waals surface area contributed by atoms with Crippen molar-refractivity contribution in [2.24, 2.45) is 0 Å². The maximum absolute atomic E-state index is 11.0. The van der Waals surface area contributed by atoms with E-state index in [1.165, 1.54) is 0 Å². The normalized spacial score (nSPS) is 11.0. The Morgan fingerprint density at radius 3 is 2.47 bits per heavy atom. The topological polar surface area (TPSA) is 55.4 Å². The van der Waals surface area contributed by atoms with Crippen LogP contribution in [0, 0.1) is 0 Å². The van der Waals surface area contributed by atoms with Crippen LogP contribution < -0.4 is 9.50 Å². The van der Waals surface area contributed by atoms with E-state index in [9.17, 15) is 8.42 Å². The Kier molecular flexibility index (Phi) is 4.06. The lowest BCUT2D eigenvalue weighted by Crippen LogP contribution is -2.06. The van der Waals surface area contributed by atoms with E-state index >= 15 is 0 Å². The second-order valence-corrected chi connectivity index (χ2v) is 5.73. The molecule has 19 heavy (non-hydrogen) atoms. The molecule has 0 amide bonds. The molecule has 0 aliphatic heterocycles. The molecule has 0 bridgehead atoms. The predicted molar refractivity (Wildman–Crippen MR) is 75.7 cm³/mol. The molecule has 0 unspecified atom stereocenters. The number of benzene rings is 2. The Labute approximate surface area is 113 Å². The molecule has 0 spiro atoms. The van der Waals surface area contributed by atoms with Gasteiger partial charge < -0.3 is 9.50 Å². The number of rotatable bonds is 5. The lowest BCUT2D eigenvalue weighted by Gasteiger charge is -2.08. The molecule has 0 fully saturated rings. The second kappa shape index (κ2) is 5.75. The summed E-state index contributed by atoms with van der Waals surface area (Å²) in [5.41, 5.74) is 1.96. The summed E-state index contributed by atoms with van der Waals surface area (Å²) in [4.78, 5) is 0. The van der Waals surface area contributed by atoms with Crippen LogP contribution in [0.5, 0.6) is 5.75 Å². The third-order valence-corrected chi connectivity index (χ3v) is 2.92. The van der Waals surface area contributed by atoms with Gasteiger partial charge in [0.25, 0.3) is 0 Å². The molecular formula is C14H15NO3S. The van der Waals surface area contributed by atoms with Gasteiger partial charge in [0.1, 0.15) is 5.75 Å². The Bertz CT molecular complexity index is 639. The first-order valence-corrected chi connectivity index (χ1v) is 7.62. The lowest BCUT2D eigenvalue weighted by molar-refractivity contribution is 0.493. The monoisotopic (exact) mass is 277 g/mol. The molecule has 0 aliphatic carbocycles. The molecule has 1 N–H and O–H groups in total. The number of hydrogen-bond donors (Lipinski definition) is 1. The van der Waals surface area contributed by atoms with E-state index in [2.05, 4.69) is 5.32 Å². The van der Waals surface area contributed by atoms with Gasteiger partial charge in [0.15, 0.2) is 0 Å². The van der Waals surface area contributed by atoms with Gasteiger partial charge in [0.2, 0.25) is 0 Å². The zero-order chi connectivity index (χ0) is 13.7. The fourth-order valence-electron chi connectivity index (χ4n) is 1.63. The predicted octanol–water partition coefficient (Wildman–Crippen LogP) is 2.64. The fourth-order valence-corrected chi connectivity index (χ4v) is 2.09. The van der Waals surface area contributed by atoms with E-state index in [1.54, 1.807) is 18.2 Å². The third kappa shape index (κ3) is 4.63. The summed E-state index contributed by atoms with van der Waals surface area (Å²) in [5, 5.41) is 3.21. The molecule has 0 saturated heterocycles. The van der Waals surface area contributed by atoms with Gasteiger partial charge in [-0.1, -0.05) is 36.4 Å². The summed E-state index contributed by atoms with van der Waals surface area (Å²) in [5.74, 6) is 0.306. The zero-order valence-corrected chi connectivity index (χ0v) is 11.4. The molecule has 0 saturated carbocycles. The van der Waals surface area contributed by atoms with Gasteiger partial charge in [-0.2, -0.15) is 8.42 Å². The van der Waals surface area contributed by atoms with E-state index in [0.29, 0.717) is 12.3 Å². The van der Waals surface area contributed by atoms with Gasteiger partial charge in [0.05, 0.1) is 6.26 Å². The summed E-state index contributed by atoms with van der Waals surface area (Å²) in [6.07, 6.45) is 1.02. The quantitative estimate of drug-likeness (QED) is 0.854. The zero-order valence-electron chi connectivity index (χ0n) is 10.5. The van der Waals surface area contributed by atoms with Crippen molar-refractivity contribution in [1.82, 2.24) is 0 Å². The van der Waals surface area contributed by atoms with Crippen LogP contribution in [0.3, 0.4) is 0 Å². The SMILES string of the molecule is CS(=O)(=O)Oc1cccc(NCc2ccccc2)c1. The standard InChI is InChI=1S/C14H15NO3S/c1-19(16,17)18-14-9-5-8-13(10-14)15-11-12-6-3-2-4-7-12/h2-10,15H,11H2,1H3. The number of anilines is 1. The molecular weight excluding hydrogens is 262 g/mol. The third-order valence-electron chi connectivity index (χ3n) is 2.42. The van der Waals surface area contributed by atoms with Gasteiger partial charge in [-0.05, 0) is 17.7 Å². The number of nitrogens with one attached hydrogen (secondary N) is 1. The van der Waals surface area contributed by atoms with Crippen LogP contribution in [0.2, 0.25) is 0 Å². The second-order valence-electron chi connectivity index (χ2n) is 4.15. The first kappa shape index (κ1) is 13.4. The van der Waals surface area contributed by atoms with Crippen LogP contribution in [0.25, 0.3) is 0 Å². The minimum absolute atomic E-state index is 0.306. The van der Waals surface area contributed by atoms with Crippen LogP contribution >= 0.6 is 0 Å². The van der Waals surface area contributed by atoms with Crippen molar-refractivity contribution in [2.45, 2.75) is 6.54 Å². The van der Waals surface area contributed by atoms with E-state index in [-0.39, 0.29) is 0 Å². The first-order chi connectivity index (χ1) is 9.03. The summed E-state index contributed by atoms with van der Waals surface area (Å²) < 4.78 is 26.9. The highest BCUT2D eigenvalue weighted by atomic mass is 32.2. The van der Waals surface area contributed by atoms with Crippen LogP contribution in [0.15, 0.2) is 54.6 Å². The molecule has 0 heterocycles. The Morgan fingerprint density at radius 1 is 1.05 bits per heavy atom. The highest BCUT2D eigenvalue weighted by Gasteiger charge is 2.04. The van der Waals surface area contributed by atoms with E-state index in [1.807, 2.05) is 36.4 Å². The van der Waals surface area contributed by atoms with Crippen LogP contribution in [-0.2, 0) is 16.7 Å². The van der Waals surface area contributed by atoms with Crippen LogP contribution in [0.4, 0.5) is 5.69 Å². The molecule has 0 radical (unpaired) electrons. The molecule has 2 aromatic rings. The average molecular weight is 277 g/mol. The Hall–Kier alpha value is -2.01. The van der Waals surface area contributed by atoms with Gasteiger partial charge in [-0.15, -0.1) is 0 Å². The van der Waals surface area contributed by atoms with Crippen molar-refractivity contribution in [1.29, 1.82) is 0 Å². The molecule has 4 nitrogen and oxygen atoms in total. The minimum Gasteiger partial charge on any atom is -0.383 e. The van der Waals surface area contributed by atoms with Crippen molar-refractivity contribution in [3.05, 3.63) is 60.2 Å². The molecule has 0 aromatic heterocycles. The van der Waals surface area contributed by atoms with Gasteiger partial charge in [-0.3, -0.25) is 0 Å². The van der Waals surface area contributed by atoms with Crippen molar-refractivity contribution < 1.29 is 12.6 Å². The van der Waals surface area contributed by atoms with E-state index in [0.717, 1.165) is 17.5 Å². The number of hydrogen-bond acceptors (Lipinski definition) is 4. The fraction of sp³-hybridized carbons (Fsp3) is 0.143. The molecule has 100 valence electrons. The largest absolute Gasteiger partial charge is 0.383 e. The summed E-state index contributed by atoms with van der Waals surface area (Å²) >= 11 is 0. The van der Waals surface area contributed by atoms with Crippen LogP contribution in [0.1, 0.15) is 5.56 Å². The molecule has 5 heteroatoms. The lowest BCUT2D eigenvalue weighted by atomic mass is 10.2. The first-order valence-electron chi connectivity index (χ1n) is 5.80. The molecule has 0 atom stereocenters. The van der Waals surface area contributed by atoms with Crippen molar-refractivity contribution in [2.75, 3.05) is 11.6 Å². The van der Waals surface area contributed by atoms with Crippen molar-refractivity contribution >= 4 is 15.8 Å². The van der Waals surface area contributed by atoms with Crippen LogP contribution in [-0.4, -0.2) is 14.7 Å². The molecule has 2 aromatic carbocycles. The summed E-state index contributed by atoms with van der Waals surface area (Å²) in [7, 11) is -3.49. The molecule has 0 aliphatic rings. The Balaban J connectivity index is 2.03. The Morgan fingerprint density at radius 2 is 1.79 bits per heavy atom. The maximum Gasteiger partial charge on any atom is 0.306 e. The van der Waals surface area contributed by atoms with Gasteiger partial charge in [-0.25, -0.2) is 0 Å².